The first kappa shape index (κ1) is 20.4. The molecular formula is C16H14F4N6O3S. The first-order valence-corrected chi connectivity index (χ1v) is 10.0. The topological polar surface area (TPSA) is 107 Å². The summed E-state index contributed by atoms with van der Waals surface area (Å²) in [5, 5.41) is 10.2. The lowest BCUT2D eigenvalue weighted by Crippen LogP contribution is -2.46. The van der Waals surface area contributed by atoms with Crippen LogP contribution in [0.2, 0.25) is 0 Å². The van der Waals surface area contributed by atoms with Gasteiger partial charge in [0.1, 0.15) is 5.82 Å². The molecule has 1 unspecified atom stereocenters. The van der Waals surface area contributed by atoms with Gasteiger partial charge >= 0.3 is 6.18 Å². The van der Waals surface area contributed by atoms with Crippen molar-refractivity contribution in [3.63, 3.8) is 0 Å². The third-order valence-corrected chi connectivity index (χ3v) is 6.86. The van der Waals surface area contributed by atoms with Gasteiger partial charge in [-0.1, -0.05) is 22.5 Å². The van der Waals surface area contributed by atoms with Crippen LogP contribution in [0.5, 0.6) is 0 Å². The lowest BCUT2D eigenvalue weighted by atomic mass is 9.86. The largest absolute Gasteiger partial charge is 0.404 e. The molecule has 14 heteroatoms. The summed E-state index contributed by atoms with van der Waals surface area (Å²) in [5.74, 6) is -1.63. The summed E-state index contributed by atoms with van der Waals surface area (Å²) in [6, 6.07) is 4.98. The van der Waals surface area contributed by atoms with Gasteiger partial charge in [-0.3, -0.25) is 0 Å². The summed E-state index contributed by atoms with van der Waals surface area (Å²) >= 11 is 0. The number of benzene rings is 1. The molecule has 0 amide bonds. The van der Waals surface area contributed by atoms with Gasteiger partial charge in [-0.25, -0.2) is 17.5 Å². The summed E-state index contributed by atoms with van der Waals surface area (Å²) in [7, 11) is -2.97. The van der Waals surface area contributed by atoms with Crippen molar-refractivity contribution >= 4 is 10.0 Å². The van der Waals surface area contributed by atoms with E-state index in [0.717, 1.165) is 23.0 Å². The lowest BCUT2D eigenvalue weighted by Gasteiger charge is -2.27. The molecule has 0 aliphatic carbocycles. The molecule has 2 aromatic heterocycles. The zero-order chi connectivity index (χ0) is 21.7. The number of halogens is 4. The molecule has 3 heterocycles. The maximum Gasteiger partial charge on any atom is 0.404 e. The number of aromatic nitrogens is 5. The average molecular weight is 446 g/mol. The van der Waals surface area contributed by atoms with Crippen LogP contribution in [-0.2, 0) is 22.5 Å². The minimum absolute atomic E-state index is 0.130. The smallest absolute Gasteiger partial charge is 0.338 e. The van der Waals surface area contributed by atoms with Crippen molar-refractivity contribution in [1.29, 1.82) is 0 Å². The van der Waals surface area contributed by atoms with E-state index in [1.54, 1.807) is 0 Å². The van der Waals surface area contributed by atoms with Crippen LogP contribution >= 0.6 is 0 Å². The normalized spacial score (nSPS) is 20.7. The quantitative estimate of drug-likeness (QED) is 0.564. The molecular weight excluding hydrogens is 432 g/mol. The Morgan fingerprint density at radius 2 is 2.03 bits per heavy atom. The van der Waals surface area contributed by atoms with Crippen molar-refractivity contribution in [2.45, 2.75) is 23.0 Å². The van der Waals surface area contributed by atoms with Gasteiger partial charge < -0.3 is 4.52 Å². The van der Waals surface area contributed by atoms with Gasteiger partial charge in [0.2, 0.25) is 11.7 Å². The number of hydrogen-bond donors (Lipinski definition) is 0. The molecule has 30 heavy (non-hydrogen) atoms. The lowest BCUT2D eigenvalue weighted by molar-refractivity contribution is -0.192. The van der Waals surface area contributed by atoms with Crippen LogP contribution in [0.1, 0.15) is 12.3 Å². The second-order valence-corrected chi connectivity index (χ2v) is 8.68. The SMILES string of the molecule is Cn1nncc1S(=O)(=O)N1CCC(c2nc(-c3cccc(F)c3)no2)(C(F)(F)F)C1. The monoisotopic (exact) mass is 446 g/mol. The van der Waals surface area contributed by atoms with Crippen molar-refractivity contribution in [3.8, 4) is 11.4 Å². The van der Waals surface area contributed by atoms with Crippen molar-refractivity contribution in [2.75, 3.05) is 13.1 Å². The van der Waals surface area contributed by atoms with Crippen LogP contribution < -0.4 is 0 Å². The third kappa shape index (κ3) is 3.15. The Labute approximate surface area is 167 Å². The molecule has 0 saturated carbocycles. The Bertz CT molecular complexity index is 1190. The zero-order valence-electron chi connectivity index (χ0n) is 15.3. The van der Waals surface area contributed by atoms with Crippen LogP contribution in [-0.4, -0.2) is 57.1 Å². The van der Waals surface area contributed by atoms with E-state index in [0.29, 0.717) is 4.31 Å². The molecule has 1 aromatic carbocycles. The van der Waals surface area contributed by atoms with Crippen molar-refractivity contribution < 1.29 is 30.5 Å². The molecule has 1 aliphatic rings. The maximum atomic E-state index is 14.1. The highest BCUT2D eigenvalue weighted by Gasteiger charge is 2.64. The molecule has 0 N–H and O–H groups in total. The summed E-state index contributed by atoms with van der Waals surface area (Å²) in [6.45, 7) is -1.38. The van der Waals surface area contributed by atoms with Gasteiger partial charge in [0.05, 0.1) is 6.20 Å². The van der Waals surface area contributed by atoms with Crippen LogP contribution in [0.25, 0.3) is 11.4 Å². The number of nitrogens with zero attached hydrogens (tertiary/aromatic N) is 6. The van der Waals surface area contributed by atoms with Crippen LogP contribution in [0.4, 0.5) is 17.6 Å². The fourth-order valence-corrected chi connectivity index (χ4v) is 4.85. The van der Waals surface area contributed by atoms with E-state index < -0.39 is 52.8 Å². The Balaban J connectivity index is 1.72. The molecule has 1 fully saturated rings. The zero-order valence-corrected chi connectivity index (χ0v) is 16.2. The third-order valence-electron chi connectivity index (χ3n) is 4.97. The van der Waals surface area contributed by atoms with Crippen LogP contribution in [0, 0.1) is 5.82 Å². The van der Waals surface area contributed by atoms with Crippen molar-refractivity contribution in [3.05, 3.63) is 42.2 Å². The average Bonchev–Trinajstić information content (AvgIpc) is 3.40. The number of sulfonamides is 1. The standard InChI is InChI=1S/C16H14F4N6O3S/c1-25-12(8-21-24-25)30(27,28)26-6-5-15(9-26,16(18,19)20)14-22-13(23-29-14)10-3-2-4-11(17)7-10/h2-4,7-8H,5-6,9H2,1H3. The Kier molecular flexibility index (Phi) is 4.65. The van der Waals surface area contributed by atoms with Gasteiger partial charge in [0.25, 0.3) is 10.0 Å². The second-order valence-electron chi connectivity index (χ2n) is 6.80. The predicted molar refractivity (Wildman–Crippen MR) is 91.8 cm³/mol. The summed E-state index contributed by atoms with van der Waals surface area (Å²) < 4.78 is 87.9. The van der Waals surface area contributed by atoms with Crippen LogP contribution in [0.15, 0.2) is 40.0 Å². The molecule has 0 radical (unpaired) electrons. The summed E-state index contributed by atoms with van der Waals surface area (Å²) in [5.41, 5.74) is -2.57. The maximum absolute atomic E-state index is 14.1. The van der Waals surface area contributed by atoms with Gasteiger partial charge in [-0.2, -0.15) is 22.5 Å². The summed E-state index contributed by atoms with van der Waals surface area (Å²) in [4.78, 5) is 3.82. The number of alkyl halides is 3. The Hall–Kier alpha value is -2.87. The van der Waals surface area contributed by atoms with Crippen LogP contribution in [0.3, 0.4) is 0 Å². The van der Waals surface area contributed by atoms with E-state index in [2.05, 4.69) is 20.5 Å². The number of rotatable bonds is 4. The summed E-state index contributed by atoms with van der Waals surface area (Å²) in [6.07, 6.45) is -4.54. The highest BCUT2D eigenvalue weighted by atomic mass is 32.2. The van der Waals surface area contributed by atoms with E-state index >= 15 is 0 Å². The minimum Gasteiger partial charge on any atom is -0.338 e. The van der Waals surface area contributed by atoms with Crippen molar-refractivity contribution in [2.24, 2.45) is 7.05 Å². The predicted octanol–water partition coefficient (Wildman–Crippen LogP) is 1.90. The molecule has 160 valence electrons. The molecule has 1 saturated heterocycles. The van der Waals surface area contributed by atoms with Gasteiger partial charge in [0, 0.05) is 25.7 Å². The number of hydrogen-bond acceptors (Lipinski definition) is 7. The highest BCUT2D eigenvalue weighted by Crippen LogP contribution is 2.48. The first-order valence-electron chi connectivity index (χ1n) is 8.56. The second kappa shape index (κ2) is 6.84. The van der Waals surface area contributed by atoms with E-state index in [1.807, 2.05) is 0 Å². The number of aryl methyl sites for hydroxylation is 1. The molecule has 1 aliphatic heterocycles. The first-order chi connectivity index (χ1) is 14.0. The van der Waals surface area contributed by atoms with E-state index in [1.165, 1.54) is 19.2 Å². The molecule has 4 rings (SSSR count). The fraction of sp³-hybridized carbons (Fsp3) is 0.375. The molecule has 9 nitrogen and oxygen atoms in total. The van der Waals surface area contributed by atoms with Crippen molar-refractivity contribution in [1.82, 2.24) is 29.4 Å². The molecule has 3 aromatic rings. The molecule has 0 bridgehead atoms. The minimum atomic E-state index is -4.88. The van der Waals surface area contributed by atoms with E-state index in [-0.39, 0.29) is 16.4 Å². The van der Waals surface area contributed by atoms with Gasteiger partial charge in [-0.05, 0) is 18.6 Å². The Morgan fingerprint density at radius 3 is 2.67 bits per heavy atom. The van der Waals surface area contributed by atoms with Gasteiger partial charge in [-0.15, -0.1) is 5.10 Å². The highest BCUT2D eigenvalue weighted by molar-refractivity contribution is 7.89. The molecule has 1 atom stereocenters. The van der Waals surface area contributed by atoms with Gasteiger partial charge in [0.15, 0.2) is 10.4 Å². The molecule has 0 spiro atoms. The van der Waals surface area contributed by atoms with E-state index in [4.69, 9.17) is 4.52 Å². The van der Waals surface area contributed by atoms with E-state index in [9.17, 15) is 26.0 Å². The Morgan fingerprint density at radius 1 is 1.27 bits per heavy atom. The fourth-order valence-electron chi connectivity index (χ4n) is 3.32.